The van der Waals surface area contributed by atoms with Gasteiger partial charge in [-0.2, -0.15) is 0 Å². The number of benzene rings is 2. The van der Waals surface area contributed by atoms with Gasteiger partial charge in [0.2, 0.25) is 0 Å². The van der Waals surface area contributed by atoms with E-state index in [4.69, 9.17) is 0 Å². The highest BCUT2D eigenvalue weighted by molar-refractivity contribution is 6.34. The van der Waals surface area contributed by atoms with Crippen LogP contribution in [0.25, 0.3) is 0 Å². The molecule has 2 aromatic rings. The summed E-state index contributed by atoms with van der Waals surface area (Å²) in [6.07, 6.45) is 0.656. The molecule has 4 nitrogen and oxygen atoms in total. The zero-order chi connectivity index (χ0) is 13.4. The number of hydrogen-bond acceptors (Lipinski definition) is 3. The van der Waals surface area contributed by atoms with E-state index in [2.05, 4.69) is 0 Å². The Morgan fingerprint density at radius 3 is 2.21 bits per heavy atom. The molecule has 4 heteroatoms. The smallest absolute Gasteiger partial charge is 0.266 e. The van der Waals surface area contributed by atoms with Gasteiger partial charge in [0, 0.05) is 5.56 Å². The van der Waals surface area contributed by atoms with Gasteiger partial charge in [-0.25, -0.2) is 4.90 Å². The molecule has 0 aromatic heterocycles. The molecule has 0 saturated heterocycles. The lowest BCUT2D eigenvalue weighted by atomic mass is 10.1. The lowest BCUT2D eigenvalue weighted by Crippen LogP contribution is -2.29. The maximum absolute atomic E-state index is 12.3. The summed E-state index contributed by atoms with van der Waals surface area (Å²) in [4.78, 5) is 36.3. The molecule has 19 heavy (non-hydrogen) atoms. The van der Waals surface area contributed by atoms with Crippen LogP contribution in [0.2, 0.25) is 0 Å². The van der Waals surface area contributed by atoms with Gasteiger partial charge in [-0.1, -0.05) is 24.3 Å². The third-order valence-corrected chi connectivity index (χ3v) is 3.06. The minimum Gasteiger partial charge on any atom is -0.298 e. The molecule has 0 bridgehead atoms. The Morgan fingerprint density at radius 1 is 0.842 bits per heavy atom. The standard InChI is InChI=1S/C15H9NO3/c17-9-10-6-7-12-13(8-10)15(19)16(14(12)18)11-4-2-1-3-5-11/h1-9H. The fourth-order valence-corrected chi connectivity index (χ4v) is 2.14. The summed E-state index contributed by atoms with van der Waals surface area (Å²) >= 11 is 0. The molecule has 0 fully saturated rings. The average Bonchev–Trinajstić information content (AvgIpc) is 2.71. The van der Waals surface area contributed by atoms with Crippen LogP contribution >= 0.6 is 0 Å². The molecule has 0 atom stereocenters. The van der Waals surface area contributed by atoms with Crippen LogP contribution in [0.1, 0.15) is 31.1 Å². The summed E-state index contributed by atoms with van der Waals surface area (Å²) in [6.45, 7) is 0. The number of aldehydes is 1. The van der Waals surface area contributed by atoms with Crippen molar-refractivity contribution in [3.05, 3.63) is 65.2 Å². The minimum absolute atomic E-state index is 0.276. The first kappa shape index (κ1) is 11.3. The summed E-state index contributed by atoms with van der Waals surface area (Å²) in [6, 6.07) is 13.2. The molecule has 0 spiro atoms. The molecular weight excluding hydrogens is 242 g/mol. The number of para-hydroxylation sites is 1. The summed E-state index contributed by atoms with van der Waals surface area (Å²) in [5.41, 5.74) is 1.52. The van der Waals surface area contributed by atoms with E-state index < -0.39 is 5.91 Å². The van der Waals surface area contributed by atoms with E-state index in [1.807, 2.05) is 6.07 Å². The number of carbonyl (C=O) groups excluding carboxylic acids is 3. The van der Waals surface area contributed by atoms with Crippen LogP contribution in [-0.4, -0.2) is 18.1 Å². The third kappa shape index (κ3) is 1.65. The quantitative estimate of drug-likeness (QED) is 0.608. The van der Waals surface area contributed by atoms with E-state index in [-0.39, 0.29) is 11.5 Å². The van der Waals surface area contributed by atoms with E-state index in [1.165, 1.54) is 18.2 Å². The molecule has 0 N–H and O–H groups in total. The highest BCUT2D eigenvalue weighted by atomic mass is 16.2. The molecule has 0 saturated carbocycles. The SMILES string of the molecule is O=Cc1ccc2c(c1)C(=O)N(c1ccccc1)C2=O. The van der Waals surface area contributed by atoms with E-state index in [0.717, 1.165) is 4.90 Å². The van der Waals surface area contributed by atoms with E-state index in [1.54, 1.807) is 24.3 Å². The third-order valence-electron chi connectivity index (χ3n) is 3.06. The largest absolute Gasteiger partial charge is 0.298 e. The number of rotatable bonds is 2. The van der Waals surface area contributed by atoms with Crippen molar-refractivity contribution in [1.29, 1.82) is 0 Å². The van der Waals surface area contributed by atoms with Crippen molar-refractivity contribution in [1.82, 2.24) is 0 Å². The number of fused-ring (bicyclic) bond motifs is 1. The number of imide groups is 1. The highest BCUT2D eigenvalue weighted by Crippen LogP contribution is 2.28. The number of nitrogens with zero attached hydrogens (tertiary/aromatic N) is 1. The van der Waals surface area contributed by atoms with Gasteiger partial charge >= 0.3 is 0 Å². The van der Waals surface area contributed by atoms with E-state index in [0.29, 0.717) is 23.1 Å². The normalized spacial score (nSPS) is 13.6. The zero-order valence-electron chi connectivity index (χ0n) is 9.87. The predicted molar refractivity (Wildman–Crippen MR) is 69.4 cm³/mol. The summed E-state index contributed by atoms with van der Waals surface area (Å²) < 4.78 is 0. The fourth-order valence-electron chi connectivity index (χ4n) is 2.14. The van der Waals surface area contributed by atoms with Crippen molar-refractivity contribution in [2.45, 2.75) is 0 Å². The predicted octanol–water partition coefficient (Wildman–Crippen LogP) is 2.30. The van der Waals surface area contributed by atoms with Gasteiger partial charge in [0.1, 0.15) is 6.29 Å². The van der Waals surface area contributed by atoms with Crippen LogP contribution in [-0.2, 0) is 0 Å². The van der Waals surface area contributed by atoms with Gasteiger partial charge in [0.05, 0.1) is 16.8 Å². The second kappa shape index (κ2) is 4.17. The highest BCUT2D eigenvalue weighted by Gasteiger charge is 2.36. The molecule has 3 rings (SSSR count). The first-order valence-corrected chi connectivity index (χ1v) is 5.75. The van der Waals surface area contributed by atoms with Crippen molar-refractivity contribution >= 4 is 23.8 Å². The van der Waals surface area contributed by atoms with Gasteiger partial charge in [-0.15, -0.1) is 0 Å². The molecule has 2 amide bonds. The molecule has 1 heterocycles. The van der Waals surface area contributed by atoms with Crippen LogP contribution in [0.15, 0.2) is 48.5 Å². The van der Waals surface area contributed by atoms with Crippen molar-refractivity contribution in [2.24, 2.45) is 0 Å². The van der Waals surface area contributed by atoms with Crippen molar-refractivity contribution in [3.63, 3.8) is 0 Å². The number of anilines is 1. The Hall–Kier alpha value is -2.75. The Morgan fingerprint density at radius 2 is 1.53 bits per heavy atom. The maximum atomic E-state index is 12.3. The molecule has 92 valence electrons. The van der Waals surface area contributed by atoms with Gasteiger partial charge in [-0.3, -0.25) is 14.4 Å². The van der Waals surface area contributed by atoms with Crippen molar-refractivity contribution in [2.75, 3.05) is 4.90 Å². The topological polar surface area (TPSA) is 54.5 Å². The first-order valence-electron chi connectivity index (χ1n) is 5.75. The van der Waals surface area contributed by atoms with Crippen LogP contribution in [0.4, 0.5) is 5.69 Å². The second-order valence-corrected chi connectivity index (χ2v) is 4.20. The lowest BCUT2D eigenvalue weighted by molar-refractivity contribution is 0.0926. The van der Waals surface area contributed by atoms with Gasteiger partial charge < -0.3 is 0 Å². The average molecular weight is 251 g/mol. The maximum Gasteiger partial charge on any atom is 0.266 e. The molecule has 0 unspecified atom stereocenters. The lowest BCUT2D eigenvalue weighted by Gasteiger charge is -2.13. The molecule has 0 aliphatic carbocycles. The molecule has 1 aliphatic heterocycles. The minimum atomic E-state index is -0.394. The molecule has 1 aliphatic rings. The Bertz CT molecular complexity index is 692. The Labute approximate surface area is 109 Å². The van der Waals surface area contributed by atoms with Gasteiger partial charge in [0.25, 0.3) is 11.8 Å². The van der Waals surface area contributed by atoms with E-state index in [9.17, 15) is 14.4 Å². The Kier molecular flexibility index (Phi) is 2.49. The second-order valence-electron chi connectivity index (χ2n) is 4.20. The van der Waals surface area contributed by atoms with Crippen molar-refractivity contribution in [3.8, 4) is 0 Å². The summed E-state index contributed by atoms with van der Waals surface area (Å²) in [5, 5.41) is 0. The summed E-state index contributed by atoms with van der Waals surface area (Å²) in [5.74, 6) is -0.751. The molecular formula is C15H9NO3. The first-order chi connectivity index (χ1) is 9.22. The van der Waals surface area contributed by atoms with Crippen LogP contribution in [0.3, 0.4) is 0 Å². The number of amides is 2. The molecule has 2 aromatic carbocycles. The van der Waals surface area contributed by atoms with Crippen LogP contribution in [0.5, 0.6) is 0 Å². The monoisotopic (exact) mass is 251 g/mol. The van der Waals surface area contributed by atoms with Gasteiger partial charge in [-0.05, 0) is 24.3 Å². The van der Waals surface area contributed by atoms with E-state index >= 15 is 0 Å². The van der Waals surface area contributed by atoms with Gasteiger partial charge in [0.15, 0.2) is 0 Å². The molecule has 0 radical (unpaired) electrons. The fraction of sp³-hybridized carbons (Fsp3) is 0. The number of hydrogen-bond donors (Lipinski definition) is 0. The zero-order valence-corrected chi connectivity index (χ0v) is 9.87. The number of carbonyl (C=O) groups is 3. The van der Waals surface area contributed by atoms with Crippen LogP contribution < -0.4 is 4.90 Å². The van der Waals surface area contributed by atoms with Crippen molar-refractivity contribution < 1.29 is 14.4 Å². The summed E-state index contributed by atoms with van der Waals surface area (Å²) in [7, 11) is 0. The van der Waals surface area contributed by atoms with Crippen LogP contribution in [0, 0.1) is 0 Å². The Balaban J connectivity index is 2.12.